The van der Waals surface area contributed by atoms with Gasteiger partial charge in [-0.2, -0.15) is 5.26 Å². The van der Waals surface area contributed by atoms with Crippen LogP contribution in [0.5, 0.6) is 0 Å². The lowest BCUT2D eigenvalue weighted by atomic mass is 10.1. The summed E-state index contributed by atoms with van der Waals surface area (Å²) < 4.78 is 0.884. The Balaban J connectivity index is 3.12. The molecule has 0 radical (unpaired) electrons. The Morgan fingerprint density at radius 3 is 2.73 bits per heavy atom. The van der Waals surface area contributed by atoms with Crippen molar-refractivity contribution >= 4 is 28.3 Å². The summed E-state index contributed by atoms with van der Waals surface area (Å²) in [4.78, 5) is 0. The van der Waals surface area contributed by atoms with Crippen molar-refractivity contribution in [3.8, 4) is 6.07 Å². The first-order chi connectivity index (χ1) is 5.27. The molecule has 0 aliphatic rings. The number of anilines is 1. The highest BCUT2D eigenvalue weighted by Gasteiger charge is 1.97. The second-order valence-electron chi connectivity index (χ2n) is 2.16. The zero-order valence-electron chi connectivity index (χ0n) is 5.84. The number of hydrogen-bond donors (Lipinski definition) is 1. The van der Waals surface area contributed by atoms with Crippen LogP contribution < -0.4 is 5.73 Å². The van der Waals surface area contributed by atoms with Crippen molar-refractivity contribution in [2.24, 2.45) is 0 Å². The lowest BCUT2D eigenvalue weighted by Crippen LogP contribution is -1.91. The van der Waals surface area contributed by atoms with E-state index in [0.717, 1.165) is 9.99 Å². The van der Waals surface area contributed by atoms with Crippen molar-refractivity contribution in [1.82, 2.24) is 0 Å². The van der Waals surface area contributed by atoms with Crippen LogP contribution in [0.15, 0.2) is 18.2 Å². The fourth-order valence-corrected chi connectivity index (χ4v) is 1.48. The van der Waals surface area contributed by atoms with Crippen LogP contribution in [0.1, 0.15) is 11.1 Å². The molecule has 0 spiro atoms. The van der Waals surface area contributed by atoms with Crippen LogP contribution in [-0.4, -0.2) is 0 Å². The lowest BCUT2D eigenvalue weighted by Gasteiger charge is -2.00. The van der Waals surface area contributed by atoms with Gasteiger partial charge in [0.05, 0.1) is 11.6 Å². The summed E-state index contributed by atoms with van der Waals surface area (Å²) in [5.41, 5.74) is 8.07. The molecular weight excluding hydrogens is 251 g/mol. The first-order valence-corrected chi connectivity index (χ1v) is 4.65. The van der Waals surface area contributed by atoms with Gasteiger partial charge in [0.15, 0.2) is 0 Å². The van der Waals surface area contributed by atoms with Crippen LogP contribution in [0.3, 0.4) is 0 Å². The maximum atomic E-state index is 8.52. The molecule has 1 aromatic rings. The van der Waals surface area contributed by atoms with Gasteiger partial charge in [-0.1, -0.05) is 28.7 Å². The Bertz CT molecular complexity index is 301. The molecule has 0 saturated carbocycles. The molecule has 0 aliphatic heterocycles. The number of nitriles is 1. The summed E-state index contributed by atoms with van der Waals surface area (Å²) >= 11 is 2.24. The number of nitrogens with zero attached hydrogens (tertiary/aromatic N) is 1. The van der Waals surface area contributed by atoms with E-state index in [-0.39, 0.29) is 0 Å². The third kappa shape index (κ3) is 1.84. The minimum Gasteiger partial charge on any atom is -0.398 e. The number of rotatable bonds is 1. The van der Waals surface area contributed by atoms with E-state index >= 15 is 0 Å². The molecule has 1 aromatic carbocycles. The molecule has 2 nitrogen and oxygen atoms in total. The lowest BCUT2D eigenvalue weighted by molar-refractivity contribution is 1.42. The molecule has 2 N–H and O–H groups in total. The van der Waals surface area contributed by atoms with Crippen LogP contribution in [0.2, 0.25) is 0 Å². The highest BCUT2D eigenvalue weighted by Crippen LogP contribution is 2.16. The van der Waals surface area contributed by atoms with Crippen LogP contribution in [0.4, 0.5) is 5.69 Å². The molecule has 0 unspecified atom stereocenters. The van der Waals surface area contributed by atoms with E-state index in [1.54, 1.807) is 12.1 Å². The Labute approximate surface area is 79.2 Å². The van der Waals surface area contributed by atoms with Gasteiger partial charge in [-0.25, -0.2) is 0 Å². The number of nitrogens with two attached hydrogens (primary N) is 1. The molecule has 0 amide bonds. The van der Waals surface area contributed by atoms with E-state index in [0.29, 0.717) is 11.3 Å². The van der Waals surface area contributed by atoms with Crippen molar-refractivity contribution in [2.75, 3.05) is 5.73 Å². The monoisotopic (exact) mass is 258 g/mol. The van der Waals surface area contributed by atoms with Gasteiger partial charge in [0.1, 0.15) is 0 Å². The molecule has 11 heavy (non-hydrogen) atoms. The molecule has 0 atom stereocenters. The maximum Gasteiger partial charge on any atom is 0.0992 e. The van der Waals surface area contributed by atoms with Crippen LogP contribution in [0, 0.1) is 11.3 Å². The molecule has 56 valence electrons. The first kappa shape index (κ1) is 8.34. The maximum absolute atomic E-state index is 8.52. The summed E-state index contributed by atoms with van der Waals surface area (Å²) in [6, 6.07) is 7.41. The molecule has 0 fully saturated rings. The number of halogens is 1. The van der Waals surface area contributed by atoms with E-state index < -0.39 is 0 Å². The molecule has 0 saturated heterocycles. The van der Waals surface area contributed by atoms with Gasteiger partial charge in [-0.3, -0.25) is 0 Å². The van der Waals surface area contributed by atoms with Crippen LogP contribution >= 0.6 is 22.6 Å². The zero-order chi connectivity index (χ0) is 8.27. The third-order valence-electron chi connectivity index (χ3n) is 1.42. The van der Waals surface area contributed by atoms with Gasteiger partial charge in [0, 0.05) is 10.1 Å². The standard InChI is InChI=1S/C8H7IN2/c9-4-7-2-1-6(5-10)3-8(7)11/h1-3H,4,11H2. The molecule has 0 aliphatic carbocycles. The summed E-state index contributed by atoms with van der Waals surface area (Å²) in [6.45, 7) is 0. The fourth-order valence-electron chi connectivity index (χ4n) is 0.786. The van der Waals surface area contributed by atoms with E-state index in [1.807, 2.05) is 12.1 Å². The Kier molecular flexibility index (Phi) is 2.71. The predicted octanol–water partition coefficient (Wildman–Crippen LogP) is 2.08. The molecule has 1 rings (SSSR count). The molecule has 0 bridgehead atoms. The van der Waals surface area contributed by atoms with Gasteiger partial charge in [-0.15, -0.1) is 0 Å². The number of nitrogen functional groups attached to an aromatic ring is 1. The topological polar surface area (TPSA) is 49.8 Å². The van der Waals surface area contributed by atoms with Gasteiger partial charge in [-0.05, 0) is 17.7 Å². The minimum atomic E-state index is 0.621. The average molecular weight is 258 g/mol. The molecule has 0 heterocycles. The smallest absolute Gasteiger partial charge is 0.0992 e. The van der Waals surface area contributed by atoms with Gasteiger partial charge in [0.25, 0.3) is 0 Å². The van der Waals surface area contributed by atoms with E-state index in [1.165, 1.54) is 0 Å². The fraction of sp³-hybridized carbons (Fsp3) is 0.125. The number of benzene rings is 1. The third-order valence-corrected chi connectivity index (χ3v) is 2.24. The summed E-state index contributed by atoms with van der Waals surface area (Å²) in [6.07, 6.45) is 0. The number of hydrogen-bond acceptors (Lipinski definition) is 2. The predicted molar refractivity (Wildman–Crippen MR) is 53.3 cm³/mol. The van der Waals surface area contributed by atoms with E-state index in [9.17, 15) is 0 Å². The quantitative estimate of drug-likeness (QED) is 0.476. The van der Waals surface area contributed by atoms with Gasteiger partial charge >= 0.3 is 0 Å². The number of alkyl halides is 1. The summed E-state index contributed by atoms with van der Waals surface area (Å²) in [5, 5.41) is 8.52. The second kappa shape index (κ2) is 3.58. The van der Waals surface area contributed by atoms with E-state index in [4.69, 9.17) is 11.0 Å². The Hall–Kier alpha value is -0.760. The highest BCUT2D eigenvalue weighted by molar-refractivity contribution is 14.1. The largest absolute Gasteiger partial charge is 0.398 e. The molecular formula is C8H7IN2. The zero-order valence-corrected chi connectivity index (χ0v) is 8.00. The normalized spacial score (nSPS) is 9.09. The minimum absolute atomic E-state index is 0.621. The summed E-state index contributed by atoms with van der Waals surface area (Å²) in [5.74, 6) is 0. The molecule has 3 heteroatoms. The van der Waals surface area contributed by atoms with Gasteiger partial charge in [0.2, 0.25) is 0 Å². The molecule has 0 aromatic heterocycles. The SMILES string of the molecule is N#Cc1ccc(CI)c(N)c1. The van der Waals surface area contributed by atoms with Crippen molar-refractivity contribution in [3.63, 3.8) is 0 Å². The van der Waals surface area contributed by atoms with Crippen molar-refractivity contribution < 1.29 is 0 Å². The Morgan fingerprint density at radius 2 is 2.27 bits per heavy atom. The van der Waals surface area contributed by atoms with Crippen LogP contribution in [-0.2, 0) is 4.43 Å². The first-order valence-electron chi connectivity index (χ1n) is 3.12. The average Bonchev–Trinajstić information content (AvgIpc) is 2.04. The van der Waals surface area contributed by atoms with Crippen molar-refractivity contribution in [1.29, 1.82) is 5.26 Å². The Morgan fingerprint density at radius 1 is 1.55 bits per heavy atom. The highest BCUT2D eigenvalue weighted by atomic mass is 127. The summed E-state index contributed by atoms with van der Waals surface area (Å²) in [7, 11) is 0. The van der Waals surface area contributed by atoms with E-state index in [2.05, 4.69) is 22.6 Å². The second-order valence-corrected chi connectivity index (χ2v) is 2.92. The van der Waals surface area contributed by atoms with Crippen molar-refractivity contribution in [3.05, 3.63) is 29.3 Å². The van der Waals surface area contributed by atoms with Crippen molar-refractivity contribution in [2.45, 2.75) is 4.43 Å². The van der Waals surface area contributed by atoms with Crippen LogP contribution in [0.25, 0.3) is 0 Å². The van der Waals surface area contributed by atoms with Gasteiger partial charge < -0.3 is 5.73 Å².